The summed E-state index contributed by atoms with van der Waals surface area (Å²) in [5.41, 5.74) is -0.234. The molecule has 226 valence electrons. The highest BCUT2D eigenvalue weighted by Gasteiger charge is 2.25. The Labute approximate surface area is 235 Å². The van der Waals surface area contributed by atoms with Gasteiger partial charge in [-0.05, 0) is 63.1 Å². The molecule has 0 aromatic heterocycles. The van der Waals surface area contributed by atoms with Crippen LogP contribution >= 0.6 is 0 Å². The van der Waals surface area contributed by atoms with Gasteiger partial charge >= 0.3 is 24.4 Å². The number of rotatable bonds is 15. The van der Waals surface area contributed by atoms with Gasteiger partial charge in [0, 0.05) is 6.54 Å². The van der Waals surface area contributed by atoms with Crippen molar-refractivity contribution in [1.82, 2.24) is 5.32 Å². The first-order chi connectivity index (χ1) is 18.6. The summed E-state index contributed by atoms with van der Waals surface area (Å²) in [6.07, 6.45) is -2.96. The number of hydrogen-bond acceptors (Lipinski definition) is 11. The highest BCUT2D eigenvalue weighted by molar-refractivity contribution is 5.74. The molecule has 2 N–H and O–H groups in total. The Balaban J connectivity index is 2.97. The van der Waals surface area contributed by atoms with Crippen molar-refractivity contribution in [3.63, 3.8) is 0 Å². The van der Waals surface area contributed by atoms with Crippen LogP contribution in [0.25, 0.3) is 0 Å². The Hall–Kier alpha value is -3.54. The maximum Gasteiger partial charge on any atom is 0.513 e. The number of carboxylic acids is 1. The predicted molar refractivity (Wildman–Crippen MR) is 145 cm³/mol. The standard InChI is InChI=1S/C28H43NO11/c1-9-28(7,8)40-27(34)37-19(6)14-29-21(24(30)31)12-20-10-11-22(38-25(32)35-15-17(2)3)23(13-20)39-26(33)36-16-18(4)5/h10-11,13,17-19,21,29H,9,12,14-16H2,1-8H3,(H,30,31)/t19?,21-/m0/s1. The van der Waals surface area contributed by atoms with Gasteiger partial charge in [0.25, 0.3) is 0 Å². The zero-order valence-electron chi connectivity index (χ0n) is 24.6. The molecular formula is C28H43NO11. The van der Waals surface area contributed by atoms with E-state index in [0.717, 1.165) is 0 Å². The Morgan fingerprint density at radius 2 is 1.43 bits per heavy atom. The first-order valence-corrected chi connectivity index (χ1v) is 13.3. The van der Waals surface area contributed by atoms with Gasteiger partial charge in [-0.3, -0.25) is 4.79 Å². The molecule has 0 radical (unpaired) electrons. The number of hydrogen-bond donors (Lipinski definition) is 2. The van der Waals surface area contributed by atoms with Crippen LogP contribution < -0.4 is 14.8 Å². The third kappa shape index (κ3) is 14.0. The van der Waals surface area contributed by atoms with Gasteiger partial charge < -0.3 is 38.8 Å². The van der Waals surface area contributed by atoms with E-state index < -0.39 is 42.2 Å². The second-order valence-corrected chi connectivity index (χ2v) is 10.8. The molecule has 0 amide bonds. The lowest BCUT2D eigenvalue weighted by Gasteiger charge is -2.24. The largest absolute Gasteiger partial charge is 0.513 e. The minimum Gasteiger partial charge on any atom is -0.480 e. The molecule has 0 aliphatic carbocycles. The smallest absolute Gasteiger partial charge is 0.480 e. The van der Waals surface area contributed by atoms with E-state index >= 15 is 0 Å². The van der Waals surface area contributed by atoms with Gasteiger partial charge in [-0.15, -0.1) is 0 Å². The summed E-state index contributed by atoms with van der Waals surface area (Å²) in [7, 11) is 0. The maximum absolute atomic E-state index is 12.2. The first kappa shape index (κ1) is 34.5. The van der Waals surface area contributed by atoms with Crippen LogP contribution in [0.5, 0.6) is 11.5 Å². The van der Waals surface area contributed by atoms with E-state index in [1.54, 1.807) is 20.8 Å². The van der Waals surface area contributed by atoms with Crippen LogP contribution in [0.3, 0.4) is 0 Å². The lowest BCUT2D eigenvalue weighted by atomic mass is 10.0. The Morgan fingerprint density at radius 1 is 0.875 bits per heavy atom. The van der Waals surface area contributed by atoms with Gasteiger partial charge in [0.05, 0.1) is 13.2 Å². The SMILES string of the molecule is CCC(C)(C)OC(=O)OC(C)CN[C@@H](Cc1ccc(OC(=O)OCC(C)C)c(OC(=O)OCC(C)C)c1)C(=O)O. The number of ether oxygens (including phenoxy) is 6. The summed E-state index contributed by atoms with van der Waals surface area (Å²) in [5, 5.41) is 12.6. The van der Waals surface area contributed by atoms with Crippen molar-refractivity contribution in [1.29, 1.82) is 0 Å². The average Bonchev–Trinajstić information content (AvgIpc) is 2.84. The molecule has 0 aliphatic heterocycles. The molecule has 12 heteroatoms. The van der Waals surface area contributed by atoms with Crippen LogP contribution in [0.1, 0.15) is 67.4 Å². The van der Waals surface area contributed by atoms with Crippen LogP contribution in [0.4, 0.5) is 14.4 Å². The fraction of sp³-hybridized carbons (Fsp3) is 0.643. The van der Waals surface area contributed by atoms with E-state index in [4.69, 9.17) is 28.4 Å². The van der Waals surface area contributed by atoms with Gasteiger partial charge in [0.1, 0.15) is 17.7 Å². The van der Waals surface area contributed by atoms with Crippen LogP contribution in [0, 0.1) is 11.8 Å². The highest BCUT2D eigenvalue weighted by atomic mass is 16.7. The molecule has 2 atom stereocenters. The first-order valence-electron chi connectivity index (χ1n) is 13.3. The molecule has 0 fully saturated rings. The summed E-state index contributed by atoms with van der Waals surface area (Å²) in [6, 6.07) is 3.19. The molecule has 0 saturated carbocycles. The Kier molecular flexibility index (Phi) is 14.3. The molecule has 1 unspecified atom stereocenters. The van der Waals surface area contributed by atoms with E-state index in [-0.39, 0.29) is 49.5 Å². The zero-order valence-corrected chi connectivity index (χ0v) is 24.6. The lowest BCUT2D eigenvalue weighted by molar-refractivity contribution is -0.139. The fourth-order valence-corrected chi connectivity index (χ4v) is 2.87. The topological polar surface area (TPSA) is 156 Å². The van der Waals surface area contributed by atoms with Crippen molar-refractivity contribution < 1.29 is 52.7 Å². The van der Waals surface area contributed by atoms with Crippen LogP contribution in [-0.2, 0) is 30.2 Å². The number of nitrogens with one attached hydrogen (secondary N) is 1. The van der Waals surface area contributed by atoms with Crippen LogP contribution in [0.2, 0.25) is 0 Å². The normalized spacial score (nSPS) is 12.8. The third-order valence-corrected chi connectivity index (χ3v) is 5.36. The molecule has 1 aromatic rings. The summed E-state index contributed by atoms with van der Waals surface area (Å²) in [6.45, 7) is 14.7. The summed E-state index contributed by atoms with van der Waals surface area (Å²) >= 11 is 0. The highest BCUT2D eigenvalue weighted by Crippen LogP contribution is 2.30. The molecule has 0 spiro atoms. The Morgan fingerprint density at radius 3 is 1.93 bits per heavy atom. The van der Waals surface area contributed by atoms with E-state index in [1.807, 2.05) is 34.6 Å². The minimum absolute atomic E-state index is 0.0341. The van der Waals surface area contributed by atoms with Crippen molar-refractivity contribution in [3.05, 3.63) is 23.8 Å². The second kappa shape index (κ2) is 16.5. The monoisotopic (exact) mass is 569 g/mol. The predicted octanol–water partition coefficient (Wildman–Crippen LogP) is 5.35. The summed E-state index contributed by atoms with van der Waals surface area (Å²) in [4.78, 5) is 48.2. The molecular weight excluding hydrogens is 526 g/mol. The zero-order chi connectivity index (χ0) is 30.5. The molecule has 0 saturated heterocycles. The third-order valence-electron chi connectivity index (χ3n) is 5.36. The van der Waals surface area contributed by atoms with Crippen molar-refractivity contribution >= 4 is 24.4 Å². The fourth-order valence-electron chi connectivity index (χ4n) is 2.87. The van der Waals surface area contributed by atoms with E-state index in [1.165, 1.54) is 18.2 Å². The minimum atomic E-state index is -1.15. The quantitative estimate of drug-likeness (QED) is 0.159. The second-order valence-electron chi connectivity index (χ2n) is 10.8. The number of carbonyl (C=O) groups excluding carboxylic acids is 3. The van der Waals surface area contributed by atoms with E-state index in [2.05, 4.69) is 5.32 Å². The molecule has 40 heavy (non-hydrogen) atoms. The number of benzene rings is 1. The van der Waals surface area contributed by atoms with Gasteiger partial charge in [-0.25, -0.2) is 14.4 Å². The van der Waals surface area contributed by atoms with Crippen molar-refractivity contribution in [2.45, 2.75) is 86.0 Å². The molecule has 0 aliphatic rings. The van der Waals surface area contributed by atoms with Crippen molar-refractivity contribution in [2.75, 3.05) is 19.8 Å². The summed E-state index contributed by atoms with van der Waals surface area (Å²) in [5.74, 6) is -1.25. The average molecular weight is 570 g/mol. The van der Waals surface area contributed by atoms with Gasteiger partial charge in [0.2, 0.25) is 0 Å². The molecule has 0 heterocycles. The molecule has 1 rings (SSSR count). The molecule has 12 nitrogen and oxygen atoms in total. The maximum atomic E-state index is 12.2. The summed E-state index contributed by atoms with van der Waals surface area (Å²) < 4.78 is 31.0. The van der Waals surface area contributed by atoms with Crippen molar-refractivity contribution in [2.24, 2.45) is 11.8 Å². The van der Waals surface area contributed by atoms with Crippen LogP contribution in [-0.4, -0.2) is 67.0 Å². The van der Waals surface area contributed by atoms with E-state index in [9.17, 15) is 24.3 Å². The number of carbonyl (C=O) groups is 4. The van der Waals surface area contributed by atoms with Gasteiger partial charge in [-0.2, -0.15) is 0 Å². The molecule has 0 bridgehead atoms. The number of carboxylic acid groups (broad SMARTS) is 1. The van der Waals surface area contributed by atoms with Crippen LogP contribution in [0.15, 0.2) is 18.2 Å². The number of aliphatic carboxylic acids is 1. The molecule has 1 aromatic carbocycles. The Bertz CT molecular complexity index is 990. The van der Waals surface area contributed by atoms with Gasteiger partial charge in [0.15, 0.2) is 11.5 Å². The van der Waals surface area contributed by atoms with Gasteiger partial charge in [-0.1, -0.05) is 40.7 Å². The lowest BCUT2D eigenvalue weighted by Crippen LogP contribution is -2.43. The van der Waals surface area contributed by atoms with Crippen molar-refractivity contribution in [3.8, 4) is 11.5 Å². The van der Waals surface area contributed by atoms with E-state index in [0.29, 0.717) is 12.0 Å².